The summed E-state index contributed by atoms with van der Waals surface area (Å²) in [5.41, 5.74) is 2.84. The van der Waals surface area contributed by atoms with Gasteiger partial charge in [0.15, 0.2) is 5.82 Å². The molecule has 2 aromatic carbocycles. The molecule has 5 rings (SSSR count). The van der Waals surface area contributed by atoms with Crippen LogP contribution < -0.4 is 9.21 Å². The Morgan fingerprint density at radius 3 is 2.47 bits per heavy atom. The van der Waals surface area contributed by atoms with Crippen LogP contribution in [0.15, 0.2) is 54.6 Å². The van der Waals surface area contributed by atoms with Crippen LogP contribution in [0.1, 0.15) is 39.7 Å². The van der Waals surface area contributed by atoms with E-state index in [0.29, 0.717) is 17.3 Å². The van der Waals surface area contributed by atoms with Crippen molar-refractivity contribution in [3.63, 3.8) is 0 Å². The smallest absolute Gasteiger partial charge is 0.207 e. The number of benzene rings is 2. The van der Waals surface area contributed by atoms with Crippen LogP contribution in [0.3, 0.4) is 0 Å². The predicted molar refractivity (Wildman–Crippen MR) is 123 cm³/mol. The van der Waals surface area contributed by atoms with Crippen LogP contribution >= 0.6 is 23.5 Å². The highest BCUT2D eigenvalue weighted by Crippen LogP contribution is 2.46. The first-order chi connectivity index (χ1) is 14.6. The van der Waals surface area contributed by atoms with Crippen LogP contribution in [0.2, 0.25) is 5.02 Å². The zero-order valence-electron chi connectivity index (χ0n) is 16.8. The monoisotopic (exact) mass is 438 g/mol. The van der Waals surface area contributed by atoms with Gasteiger partial charge in [0.05, 0.1) is 6.54 Å². The SMILES string of the molecule is Cn1c(N2CCCC2)nc2c1C(=O)C(c1ccc(Cl)cc1)SN2Cc1ccccc1. The summed E-state index contributed by atoms with van der Waals surface area (Å²) in [6.45, 7) is 2.67. The zero-order valence-corrected chi connectivity index (χ0v) is 18.4. The fourth-order valence-corrected chi connectivity index (χ4v) is 5.50. The summed E-state index contributed by atoms with van der Waals surface area (Å²) in [7, 11) is 1.97. The molecule has 7 heteroatoms. The zero-order chi connectivity index (χ0) is 20.7. The number of carbonyl (C=O) groups is 1. The molecule has 0 saturated carbocycles. The van der Waals surface area contributed by atoms with Crippen LogP contribution in [0.5, 0.6) is 0 Å². The third kappa shape index (κ3) is 3.48. The summed E-state index contributed by atoms with van der Waals surface area (Å²) >= 11 is 7.63. The van der Waals surface area contributed by atoms with Gasteiger partial charge in [0.1, 0.15) is 10.9 Å². The Bertz CT molecular complexity index is 1060. The number of fused-ring (bicyclic) bond motifs is 1. The van der Waals surface area contributed by atoms with Gasteiger partial charge in [0, 0.05) is 25.2 Å². The lowest BCUT2D eigenvalue weighted by atomic mass is 10.1. The van der Waals surface area contributed by atoms with Crippen molar-refractivity contribution in [2.24, 2.45) is 7.05 Å². The maximum Gasteiger partial charge on any atom is 0.207 e. The molecule has 1 saturated heterocycles. The number of imidazole rings is 1. The van der Waals surface area contributed by atoms with Gasteiger partial charge in [-0.05, 0) is 48.0 Å². The molecule has 5 nitrogen and oxygen atoms in total. The van der Waals surface area contributed by atoms with Crippen LogP contribution in [-0.2, 0) is 13.6 Å². The molecule has 1 unspecified atom stereocenters. The fraction of sp³-hybridized carbons (Fsp3) is 0.304. The molecule has 0 aliphatic carbocycles. The molecular weight excluding hydrogens is 416 g/mol. The summed E-state index contributed by atoms with van der Waals surface area (Å²) in [6, 6.07) is 17.9. The van der Waals surface area contributed by atoms with Gasteiger partial charge in [-0.15, -0.1) is 0 Å². The average molecular weight is 439 g/mol. The van der Waals surface area contributed by atoms with Gasteiger partial charge >= 0.3 is 0 Å². The largest absolute Gasteiger partial charge is 0.342 e. The van der Waals surface area contributed by atoms with Crippen molar-refractivity contribution >= 4 is 41.1 Å². The number of carbonyl (C=O) groups excluding carboxylic acids is 1. The van der Waals surface area contributed by atoms with Gasteiger partial charge in [-0.3, -0.25) is 9.10 Å². The van der Waals surface area contributed by atoms with Crippen molar-refractivity contribution in [3.8, 4) is 0 Å². The first kappa shape index (κ1) is 19.5. The summed E-state index contributed by atoms with van der Waals surface area (Å²) in [4.78, 5) is 20.8. The lowest BCUT2D eigenvalue weighted by Gasteiger charge is -2.31. The first-order valence-corrected chi connectivity index (χ1v) is 11.4. The van der Waals surface area contributed by atoms with Gasteiger partial charge < -0.3 is 9.47 Å². The molecule has 0 radical (unpaired) electrons. The molecule has 30 heavy (non-hydrogen) atoms. The normalized spacial score (nSPS) is 18.7. The van der Waals surface area contributed by atoms with E-state index < -0.39 is 0 Å². The minimum Gasteiger partial charge on any atom is -0.342 e. The predicted octanol–water partition coefficient (Wildman–Crippen LogP) is 5.27. The molecule has 1 aromatic heterocycles. The van der Waals surface area contributed by atoms with Gasteiger partial charge in [-0.1, -0.05) is 54.1 Å². The van der Waals surface area contributed by atoms with E-state index in [9.17, 15) is 4.79 Å². The molecule has 2 aliphatic rings. The summed E-state index contributed by atoms with van der Waals surface area (Å²) < 4.78 is 4.16. The average Bonchev–Trinajstić information content (AvgIpc) is 3.40. The number of aromatic nitrogens is 2. The van der Waals surface area contributed by atoms with Crippen molar-refractivity contribution in [1.82, 2.24) is 9.55 Å². The lowest BCUT2D eigenvalue weighted by molar-refractivity contribution is 0.0980. The molecule has 0 N–H and O–H groups in total. The van der Waals surface area contributed by atoms with Gasteiger partial charge in [-0.25, -0.2) is 0 Å². The van der Waals surface area contributed by atoms with Crippen molar-refractivity contribution in [2.45, 2.75) is 24.6 Å². The van der Waals surface area contributed by atoms with E-state index in [1.54, 1.807) is 11.9 Å². The van der Waals surface area contributed by atoms with E-state index in [1.165, 1.54) is 18.4 Å². The minimum absolute atomic E-state index is 0.0991. The number of halogens is 1. The molecule has 154 valence electrons. The Labute approximate surface area is 185 Å². The summed E-state index contributed by atoms with van der Waals surface area (Å²) in [6.07, 6.45) is 2.34. The number of nitrogens with zero attached hydrogens (tertiary/aromatic N) is 4. The Hall–Kier alpha value is -2.44. The van der Waals surface area contributed by atoms with Crippen molar-refractivity contribution in [2.75, 3.05) is 22.3 Å². The molecule has 2 aliphatic heterocycles. The second-order valence-corrected chi connectivity index (χ2v) is 9.32. The number of ketones is 1. The molecule has 3 heterocycles. The van der Waals surface area contributed by atoms with Crippen molar-refractivity contribution < 1.29 is 4.79 Å². The molecule has 0 spiro atoms. The summed E-state index contributed by atoms with van der Waals surface area (Å²) in [5.74, 6) is 1.76. The Morgan fingerprint density at radius 2 is 1.77 bits per heavy atom. The quantitative estimate of drug-likeness (QED) is 0.519. The van der Waals surface area contributed by atoms with E-state index >= 15 is 0 Å². The third-order valence-corrected chi connectivity index (χ3v) is 7.23. The van der Waals surface area contributed by atoms with Crippen LogP contribution in [0, 0.1) is 0 Å². The van der Waals surface area contributed by atoms with E-state index in [0.717, 1.165) is 30.4 Å². The highest BCUT2D eigenvalue weighted by Gasteiger charge is 2.39. The number of Topliss-reactive ketones (excluding diaryl/α,β-unsaturated/α-hetero) is 1. The second kappa shape index (κ2) is 8.00. The van der Waals surface area contributed by atoms with Crippen LogP contribution in [0.25, 0.3) is 0 Å². The fourth-order valence-electron chi connectivity index (χ4n) is 4.18. The number of hydrogen-bond donors (Lipinski definition) is 0. The van der Waals surface area contributed by atoms with E-state index in [-0.39, 0.29) is 11.0 Å². The van der Waals surface area contributed by atoms with E-state index in [4.69, 9.17) is 16.6 Å². The molecule has 3 aromatic rings. The van der Waals surface area contributed by atoms with E-state index in [2.05, 4.69) is 21.3 Å². The molecule has 0 bridgehead atoms. The minimum atomic E-state index is -0.319. The maximum atomic E-state index is 13.6. The van der Waals surface area contributed by atoms with Gasteiger partial charge in [0.25, 0.3) is 0 Å². The molecule has 1 fully saturated rings. The van der Waals surface area contributed by atoms with E-state index in [1.807, 2.05) is 54.1 Å². The third-order valence-electron chi connectivity index (χ3n) is 5.72. The van der Waals surface area contributed by atoms with Gasteiger partial charge in [-0.2, -0.15) is 4.98 Å². The topological polar surface area (TPSA) is 41.4 Å². The highest BCUT2D eigenvalue weighted by atomic mass is 35.5. The molecule has 1 atom stereocenters. The maximum absolute atomic E-state index is 13.6. The number of anilines is 2. The number of hydrogen-bond acceptors (Lipinski definition) is 5. The van der Waals surface area contributed by atoms with Gasteiger partial charge in [0.2, 0.25) is 11.7 Å². The Morgan fingerprint density at radius 1 is 1.07 bits per heavy atom. The van der Waals surface area contributed by atoms with Crippen LogP contribution in [0.4, 0.5) is 11.8 Å². The Balaban J connectivity index is 1.58. The second-order valence-electron chi connectivity index (χ2n) is 7.76. The first-order valence-electron chi connectivity index (χ1n) is 10.2. The highest BCUT2D eigenvalue weighted by molar-refractivity contribution is 8.01. The summed E-state index contributed by atoms with van der Waals surface area (Å²) in [5, 5.41) is 0.353. The molecule has 0 amide bonds. The molecular formula is C23H23ClN4OS. The van der Waals surface area contributed by atoms with Crippen molar-refractivity contribution in [3.05, 3.63) is 76.4 Å². The Kier molecular flexibility index (Phi) is 5.21. The standard InChI is InChI=1S/C23H23ClN4OS/c1-26-19-20(29)21(17-9-11-18(24)12-10-17)30-28(15-16-7-3-2-4-8-16)22(19)25-23(26)27-13-5-6-14-27/h2-4,7-12,21H,5-6,13-15H2,1H3. The van der Waals surface area contributed by atoms with Crippen LogP contribution in [-0.4, -0.2) is 28.4 Å². The number of rotatable bonds is 4. The van der Waals surface area contributed by atoms with Crippen molar-refractivity contribution in [1.29, 1.82) is 0 Å². The lowest BCUT2D eigenvalue weighted by Crippen LogP contribution is -2.29.